The summed E-state index contributed by atoms with van der Waals surface area (Å²) < 4.78 is 35.7. The van der Waals surface area contributed by atoms with E-state index in [0.29, 0.717) is 12.8 Å². The van der Waals surface area contributed by atoms with Gasteiger partial charge in [0.2, 0.25) is 0 Å². The molecule has 3 atom stereocenters. The summed E-state index contributed by atoms with van der Waals surface area (Å²) in [6.07, 6.45) is 0.701. The maximum atomic E-state index is 13.2. The van der Waals surface area contributed by atoms with Crippen molar-refractivity contribution in [2.75, 3.05) is 19.8 Å². The maximum absolute atomic E-state index is 13.2. The summed E-state index contributed by atoms with van der Waals surface area (Å²) in [6.45, 7) is 1.34. The van der Waals surface area contributed by atoms with Crippen LogP contribution in [0.3, 0.4) is 0 Å². The second kappa shape index (κ2) is 10.5. The molecule has 1 saturated heterocycles. The van der Waals surface area contributed by atoms with E-state index in [4.69, 9.17) is 18.5 Å². The molecular formula is C18H23N4O8P. The minimum Gasteiger partial charge on any atom is -0.465 e. The number of esters is 1. The molecule has 12 nitrogen and oxygen atoms in total. The van der Waals surface area contributed by atoms with Crippen LogP contribution in [-0.4, -0.2) is 46.6 Å². The van der Waals surface area contributed by atoms with Gasteiger partial charge in [-0.05, 0) is 31.9 Å². The summed E-state index contributed by atoms with van der Waals surface area (Å²) in [4.78, 5) is 36.8. The van der Waals surface area contributed by atoms with Crippen LogP contribution in [0.1, 0.15) is 26.0 Å². The molecule has 3 unspecified atom stereocenters. The largest absolute Gasteiger partial charge is 0.465 e. The van der Waals surface area contributed by atoms with Crippen molar-refractivity contribution in [1.29, 1.82) is 0 Å². The topological polar surface area (TPSA) is 151 Å². The van der Waals surface area contributed by atoms with Crippen molar-refractivity contribution in [2.45, 2.75) is 32.1 Å². The number of nitrogens with one attached hydrogen (secondary N) is 2. The van der Waals surface area contributed by atoms with Crippen molar-refractivity contribution in [1.82, 2.24) is 19.9 Å². The molecule has 2 heterocycles. The molecule has 0 spiro atoms. The first kappa shape index (κ1) is 22.9. The molecule has 1 aliphatic rings. The van der Waals surface area contributed by atoms with E-state index in [2.05, 4.69) is 15.2 Å². The predicted octanol–water partition coefficient (Wildman–Crippen LogP) is 0.966. The molecule has 3 rings (SSSR count). The van der Waals surface area contributed by atoms with Gasteiger partial charge >= 0.3 is 19.4 Å². The molecule has 2 aromatic rings. The Balaban J connectivity index is 1.62. The normalized spacial score (nSPS) is 20.2. The number of ether oxygens (including phenoxy) is 2. The van der Waals surface area contributed by atoms with Crippen molar-refractivity contribution in [3.63, 3.8) is 0 Å². The molecule has 13 heteroatoms. The van der Waals surface area contributed by atoms with Crippen molar-refractivity contribution < 1.29 is 27.9 Å². The van der Waals surface area contributed by atoms with Crippen molar-refractivity contribution in [3.8, 4) is 5.75 Å². The summed E-state index contributed by atoms with van der Waals surface area (Å²) in [7, 11) is -3.94. The lowest BCUT2D eigenvalue weighted by Gasteiger charge is -2.21. The summed E-state index contributed by atoms with van der Waals surface area (Å²) in [5, 5.41) is 6.26. The zero-order valence-electron chi connectivity index (χ0n) is 16.8. The van der Waals surface area contributed by atoms with Gasteiger partial charge in [0.05, 0.1) is 19.3 Å². The second-order valence-corrected chi connectivity index (χ2v) is 8.26. The number of H-pyrrole nitrogens is 1. The first-order chi connectivity index (χ1) is 14.9. The lowest BCUT2D eigenvalue weighted by molar-refractivity contribution is -0.141. The molecule has 1 aromatic heterocycles. The number of carbonyl (C=O) groups is 1. The molecule has 1 fully saturated rings. The number of benzene rings is 1. The van der Waals surface area contributed by atoms with Crippen LogP contribution in [0.4, 0.5) is 0 Å². The number of aromatic nitrogens is 3. The van der Waals surface area contributed by atoms with E-state index in [9.17, 15) is 18.9 Å². The van der Waals surface area contributed by atoms with Crippen LogP contribution in [0.5, 0.6) is 5.75 Å². The van der Waals surface area contributed by atoms with Crippen LogP contribution in [0.2, 0.25) is 0 Å². The highest BCUT2D eigenvalue weighted by Gasteiger charge is 2.33. The van der Waals surface area contributed by atoms with E-state index in [1.165, 1.54) is 0 Å². The van der Waals surface area contributed by atoms with E-state index in [-0.39, 0.29) is 25.5 Å². The van der Waals surface area contributed by atoms with Gasteiger partial charge in [0, 0.05) is 0 Å². The lowest BCUT2D eigenvalue weighted by atomic mass is 10.2. The van der Waals surface area contributed by atoms with Gasteiger partial charge in [-0.3, -0.25) is 19.1 Å². The van der Waals surface area contributed by atoms with E-state index >= 15 is 0 Å². The molecule has 0 bridgehead atoms. The van der Waals surface area contributed by atoms with Crippen LogP contribution in [0, 0.1) is 0 Å². The molecule has 0 saturated carbocycles. The van der Waals surface area contributed by atoms with E-state index in [0.717, 1.165) is 10.9 Å². The van der Waals surface area contributed by atoms with Crippen molar-refractivity contribution in [3.05, 3.63) is 57.4 Å². The van der Waals surface area contributed by atoms with E-state index in [1.807, 2.05) is 0 Å². The van der Waals surface area contributed by atoms with E-state index < -0.39 is 37.3 Å². The third-order valence-electron chi connectivity index (χ3n) is 4.22. The zero-order valence-corrected chi connectivity index (χ0v) is 17.7. The number of aromatic amines is 1. The number of nitrogens with zero attached hydrogens (tertiary/aromatic N) is 2. The molecular weight excluding hydrogens is 431 g/mol. The Kier molecular flexibility index (Phi) is 7.75. The van der Waals surface area contributed by atoms with Gasteiger partial charge in [0.25, 0.3) is 5.56 Å². The van der Waals surface area contributed by atoms with Crippen LogP contribution in [0.15, 0.2) is 46.1 Å². The number of hydrogen-bond donors (Lipinski definition) is 2. The monoisotopic (exact) mass is 454 g/mol. The summed E-state index contributed by atoms with van der Waals surface area (Å²) in [5.74, 6) is -0.319. The fraction of sp³-hybridized carbons (Fsp3) is 0.444. The molecule has 168 valence electrons. The summed E-state index contributed by atoms with van der Waals surface area (Å²) in [6, 6.07) is 8.36. The van der Waals surface area contributed by atoms with Crippen molar-refractivity contribution >= 4 is 13.7 Å². The van der Waals surface area contributed by atoms with Crippen molar-refractivity contribution in [2.24, 2.45) is 0 Å². The number of carbonyl (C=O) groups excluding carboxylic acids is 1. The van der Waals surface area contributed by atoms with Gasteiger partial charge in [-0.1, -0.05) is 18.2 Å². The molecule has 1 aromatic carbocycles. The smallest absolute Gasteiger partial charge is 0.459 e. The molecule has 31 heavy (non-hydrogen) atoms. The minimum atomic E-state index is -3.94. The first-order valence-electron chi connectivity index (χ1n) is 9.62. The Labute approximate surface area is 177 Å². The van der Waals surface area contributed by atoms with Gasteiger partial charge in [-0.15, -0.1) is 0 Å². The van der Waals surface area contributed by atoms with Crippen LogP contribution < -0.4 is 20.9 Å². The SMILES string of the molecule is CCOC(=O)CNP(=O)(OCC1CCC(n2ncc(=O)[nH]c2=O)O1)Oc1ccccc1. The van der Waals surface area contributed by atoms with Gasteiger partial charge in [0.15, 0.2) is 6.23 Å². The summed E-state index contributed by atoms with van der Waals surface area (Å²) >= 11 is 0. The zero-order chi connectivity index (χ0) is 22.3. The average Bonchev–Trinajstić information content (AvgIpc) is 3.21. The average molecular weight is 454 g/mol. The predicted molar refractivity (Wildman–Crippen MR) is 108 cm³/mol. The van der Waals surface area contributed by atoms with E-state index in [1.54, 1.807) is 37.3 Å². The molecule has 0 amide bonds. The van der Waals surface area contributed by atoms with Gasteiger partial charge < -0.3 is 14.0 Å². The molecule has 0 radical (unpaired) electrons. The van der Waals surface area contributed by atoms with Crippen LogP contribution in [-0.2, 0) is 23.4 Å². The highest BCUT2D eigenvalue weighted by atomic mass is 31.2. The molecule has 1 aliphatic heterocycles. The summed E-state index contributed by atoms with van der Waals surface area (Å²) in [5.41, 5.74) is -1.29. The second-order valence-electron chi connectivity index (χ2n) is 6.51. The fourth-order valence-corrected chi connectivity index (χ4v) is 4.13. The molecule has 2 N–H and O–H groups in total. The first-order valence-corrected chi connectivity index (χ1v) is 11.2. The number of rotatable bonds is 10. The van der Waals surface area contributed by atoms with Gasteiger partial charge in [-0.25, -0.2) is 14.4 Å². The molecule has 0 aliphatic carbocycles. The standard InChI is InChI=1S/C18H23N4O8P/c1-2-27-17(24)11-20-31(26,30-13-6-4-3-5-7-13)28-12-14-8-9-16(29-14)22-18(25)21-15(23)10-19-22/h3-7,10,14,16H,2,8-9,11-12H2,1H3,(H,20,26)(H,21,23,25). The highest BCUT2D eigenvalue weighted by molar-refractivity contribution is 7.52. The van der Waals surface area contributed by atoms with Crippen LogP contribution in [0.25, 0.3) is 0 Å². The third-order valence-corrected chi connectivity index (χ3v) is 5.70. The Morgan fingerprint density at radius 3 is 2.81 bits per heavy atom. The maximum Gasteiger partial charge on any atom is 0.459 e. The van der Waals surface area contributed by atoms with Crippen LogP contribution >= 0.6 is 7.75 Å². The fourth-order valence-electron chi connectivity index (χ4n) is 2.84. The number of hydrogen-bond acceptors (Lipinski definition) is 9. The number of para-hydroxylation sites is 1. The Morgan fingerprint density at radius 1 is 1.32 bits per heavy atom. The Hall–Kier alpha value is -2.79. The van der Waals surface area contributed by atoms with Gasteiger partial charge in [-0.2, -0.15) is 9.78 Å². The minimum absolute atomic E-state index is 0.130. The highest BCUT2D eigenvalue weighted by Crippen LogP contribution is 2.45. The van der Waals surface area contributed by atoms with Gasteiger partial charge in [0.1, 0.15) is 18.5 Å². The third kappa shape index (κ3) is 6.59. The Bertz CT molecular complexity index is 1040. The Morgan fingerprint density at radius 2 is 2.10 bits per heavy atom. The lowest BCUT2D eigenvalue weighted by Crippen LogP contribution is -2.34. The quantitative estimate of drug-likeness (QED) is 0.392.